The van der Waals surface area contributed by atoms with Crippen LogP contribution in [0.1, 0.15) is 20.8 Å². The molecule has 0 saturated heterocycles. The van der Waals surface area contributed by atoms with Gasteiger partial charge in [-0.3, -0.25) is 5.01 Å². The van der Waals surface area contributed by atoms with Crippen LogP contribution in [0.5, 0.6) is 0 Å². The Hall–Kier alpha value is -1.62. The molecule has 0 saturated carbocycles. The highest BCUT2D eigenvalue weighted by atomic mass is 16.5. The zero-order valence-electron chi connectivity index (χ0n) is 11.9. The Kier molecular flexibility index (Phi) is 4.04. The largest absolute Gasteiger partial charge is 0.463 e. The van der Waals surface area contributed by atoms with Crippen molar-refractivity contribution < 1.29 is 9.53 Å². The van der Waals surface area contributed by atoms with Gasteiger partial charge in [0.1, 0.15) is 0 Å². The first-order valence-corrected chi connectivity index (χ1v) is 6.66. The molecule has 2 heterocycles. The molecule has 0 aliphatic carbocycles. The Labute approximate surface area is 114 Å². The highest BCUT2D eigenvalue weighted by molar-refractivity contribution is 5.93. The molecule has 1 N–H and O–H groups in total. The number of allylic oxidation sites excluding steroid dienone is 1. The van der Waals surface area contributed by atoms with E-state index in [9.17, 15) is 4.79 Å². The molecular weight excluding hydrogens is 242 g/mol. The molecule has 0 aromatic rings. The molecule has 5 nitrogen and oxygen atoms in total. The van der Waals surface area contributed by atoms with Crippen LogP contribution in [-0.2, 0) is 9.53 Å². The van der Waals surface area contributed by atoms with Crippen molar-refractivity contribution in [1.82, 2.24) is 10.3 Å². The van der Waals surface area contributed by atoms with Crippen molar-refractivity contribution in [3.63, 3.8) is 0 Å². The monoisotopic (exact) mass is 263 g/mol. The van der Waals surface area contributed by atoms with E-state index >= 15 is 0 Å². The quantitative estimate of drug-likeness (QED) is 0.771. The predicted octanol–water partition coefficient (Wildman–Crippen LogP) is 1.08. The summed E-state index contributed by atoms with van der Waals surface area (Å²) < 4.78 is 5.18. The zero-order valence-corrected chi connectivity index (χ0v) is 11.9. The van der Waals surface area contributed by atoms with E-state index in [4.69, 9.17) is 4.74 Å². The van der Waals surface area contributed by atoms with Gasteiger partial charge in [-0.15, -0.1) is 0 Å². The molecule has 0 aromatic carbocycles. The fourth-order valence-electron chi connectivity index (χ4n) is 2.75. The van der Waals surface area contributed by atoms with Crippen LogP contribution in [0.25, 0.3) is 0 Å². The van der Waals surface area contributed by atoms with Crippen molar-refractivity contribution in [3.05, 3.63) is 23.3 Å². The third kappa shape index (κ3) is 2.30. The Balaban J connectivity index is 2.38. The summed E-state index contributed by atoms with van der Waals surface area (Å²) in [6.45, 7) is 6.30. The number of carbonyl (C=O) groups is 1. The number of hydrazone groups is 1. The van der Waals surface area contributed by atoms with Crippen LogP contribution in [0.4, 0.5) is 0 Å². The number of hydrogen-bond donors (Lipinski definition) is 1. The number of ether oxygens (including phenoxy) is 1. The first-order valence-electron chi connectivity index (χ1n) is 6.66. The topological polar surface area (TPSA) is 53.9 Å². The second-order valence-corrected chi connectivity index (χ2v) is 4.81. The van der Waals surface area contributed by atoms with Gasteiger partial charge in [0.2, 0.25) is 0 Å². The van der Waals surface area contributed by atoms with Crippen LogP contribution in [0, 0.1) is 0 Å². The van der Waals surface area contributed by atoms with Crippen LogP contribution < -0.4 is 5.32 Å². The van der Waals surface area contributed by atoms with Gasteiger partial charge >= 0.3 is 5.97 Å². The smallest absolute Gasteiger partial charge is 0.336 e. The number of likely N-dealkylation sites (N-methyl/N-ethyl adjacent to an activating group) is 1. The lowest BCUT2D eigenvalue weighted by atomic mass is 10.00. The lowest BCUT2D eigenvalue weighted by molar-refractivity contribution is -0.138. The first-order chi connectivity index (χ1) is 9.11. The van der Waals surface area contributed by atoms with E-state index in [2.05, 4.69) is 17.3 Å². The lowest BCUT2D eigenvalue weighted by Gasteiger charge is -2.32. The molecule has 2 aliphatic rings. The maximum atomic E-state index is 12.2. The van der Waals surface area contributed by atoms with E-state index in [0.29, 0.717) is 6.61 Å². The summed E-state index contributed by atoms with van der Waals surface area (Å²) in [5, 5.41) is 9.63. The van der Waals surface area contributed by atoms with E-state index in [1.165, 1.54) is 0 Å². The summed E-state index contributed by atoms with van der Waals surface area (Å²) in [6, 6.07) is 0.179. The van der Waals surface area contributed by atoms with Crippen molar-refractivity contribution in [3.8, 4) is 0 Å². The van der Waals surface area contributed by atoms with Gasteiger partial charge in [-0.25, -0.2) is 4.79 Å². The highest BCUT2D eigenvalue weighted by Gasteiger charge is 2.43. The molecule has 2 rings (SSSR count). The number of nitrogens with zero attached hydrogens (tertiary/aromatic N) is 2. The first kappa shape index (κ1) is 13.8. The van der Waals surface area contributed by atoms with E-state index in [-0.39, 0.29) is 24.1 Å². The molecule has 0 aromatic heterocycles. The number of esters is 1. The minimum absolute atomic E-state index is 0.0793. The van der Waals surface area contributed by atoms with Crippen LogP contribution in [0.3, 0.4) is 0 Å². The average Bonchev–Trinajstić information content (AvgIpc) is 2.70. The standard InChI is InChI=1S/C14H21N3O2/c1-5-19-14(18)12-9(2)13(10(3)15-4)17-11(12)7-6-8-16-17/h6-8,10-11,13,15H,5H2,1-4H3. The Morgan fingerprint density at radius 2 is 2.37 bits per heavy atom. The van der Waals surface area contributed by atoms with Crippen LogP contribution in [0.15, 0.2) is 28.4 Å². The fourth-order valence-corrected chi connectivity index (χ4v) is 2.75. The van der Waals surface area contributed by atoms with Crippen LogP contribution in [-0.4, -0.2) is 49.0 Å². The van der Waals surface area contributed by atoms with Gasteiger partial charge in [-0.05, 0) is 39.5 Å². The van der Waals surface area contributed by atoms with Crippen molar-refractivity contribution in [2.75, 3.05) is 13.7 Å². The predicted molar refractivity (Wildman–Crippen MR) is 74.9 cm³/mol. The molecule has 0 bridgehead atoms. The van der Waals surface area contributed by atoms with E-state index < -0.39 is 0 Å². The Morgan fingerprint density at radius 1 is 1.63 bits per heavy atom. The normalized spacial score (nSPS) is 26.6. The summed E-state index contributed by atoms with van der Waals surface area (Å²) >= 11 is 0. The second-order valence-electron chi connectivity index (χ2n) is 4.81. The fraction of sp³-hybridized carbons (Fsp3) is 0.571. The molecule has 3 atom stereocenters. The average molecular weight is 263 g/mol. The molecule has 3 unspecified atom stereocenters. The second kappa shape index (κ2) is 5.57. The maximum absolute atomic E-state index is 12.2. The van der Waals surface area contributed by atoms with E-state index in [0.717, 1.165) is 11.1 Å². The van der Waals surface area contributed by atoms with Crippen molar-refractivity contribution >= 4 is 12.2 Å². The van der Waals surface area contributed by atoms with Gasteiger partial charge in [0.05, 0.1) is 24.3 Å². The van der Waals surface area contributed by atoms with Crippen molar-refractivity contribution in [2.45, 2.75) is 38.9 Å². The molecule has 0 radical (unpaired) electrons. The van der Waals surface area contributed by atoms with Crippen molar-refractivity contribution in [2.24, 2.45) is 5.10 Å². The number of nitrogens with one attached hydrogen (secondary N) is 1. The molecule has 0 amide bonds. The lowest BCUT2D eigenvalue weighted by Crippen LogP contribution is -2.46. The summed E-state index contributed by atoms with van der Waals surface area (Å²) in [7, 11) is 1.92. The van der Waals surface area contributed by atoms with Gasteiger partial charge in [-0.2, -0.15) is 5.10 Å². The third-order valence-corrected chi connectivity index (χ3v) is 3.74. The van der Waals surface area contributed by atoms with Crippen LogP contribution in [0.2, 0.25) is 0 Å². The maximum Gasteiger partial charge on any atom is 0.336 e. The summed E-state index contributed by atoms with van der Waals surface area (Å²) in [5.74, 6) is -0.234. The van der Waals surface area contributed by atoms with Crippen LogP contribution >= 0.6 is 0 Å². The minimum atomic E-state index is -0.234. The highest BCUT2D eigenvalue weighted by Crippen LogP contribution is 2.35. The molecule has 5 heteroatoms. The minimum Gasteiger partial charge on any atom is -0.463 e. The van der Waals surface area contributed by atoms with Gasteiger partial charge in [0.15, 0.2) is 0 Å². The number of fused-ring (bicyclic) bond motifs is 1. The van der Waals surface area contributed by atoms with E-state index in [1.807, 2.05) is 38.1 Å². The summed E-state index contributed by atoms with van der Waals surface area (Å²) in [4.78, 5) is 12.2. The molecule has 19 heavy (non-hydrogen) atoms. The molecule has 2 aliphatic heterocycles. The van der Waals surface area contributed by atoms with E-state index in [1.54, 1.807) is 6.21 Å². The number of carbonyl (C=O) groups excluding carboxylic acids is 1. The number of rotatable bonds is 4. The van der Waals surface area contributed by atoms with Gasteiger partial charge in [0.25, 0.3) is 0 Å². The summed E-state index contributed by atoms with van der Waals surface area (Å²) in [6.07, 6.45) is 5.62. The summed E-state index contributed by atoms with van der Waals surface area (Å²) in [5.41, 5.74) is 1.76. The molecular formula is C14H21N3O2. The molecule has 0 fully saturated rings. The SMILES string of the molecule is CCOC(=O)C1=C(C)C(C(C)NC)N2N=CC=CC12. The number of hydrogen-bond acceptors (Lipinski definition) is 5. The molecule has 104 valence electrons. The third-order valence-electron chi connectivity index (χ3n) is 3.74. The Morgan fingerprint density at radius 3 is 3.00 bits per heavy atom. The molecule has 0 spiro atoms. The van der Waals surface area contributed by atoms with Gasteiger partial charge in [-0.1, -0.05) is 6.08 Å². The zero-order chi connectivity index (χ0) is 14.0. The Bertz CT molecular complexity index is 454. The van der Waals surface area contributed by atoms with Gasteiger partial charge < -0.3 is 10.1 Å². The van der Waals surface area contributed by atoms with Gasteiger partial charge in [0, 0.05) is 12.3 Å². The van der Waals surface area contributed by atoms with Crippen molar-refractivity contribution in [1.29, 1.82) is 0 Å².